The van der Waals surface area contributed by atoms with Crippen LogP contribution < -0.4 is 5.73 Å². The van der Waals surface area contributed by atoms with Gasteiger partial charge in [0.2, 0.25) is 0 Å². The van der Waals surface area contributed by atoms with E-state index < -0.39 is 0 Å². The molecule has 2 atom stereocenters. The van der Waals surface area contributed by atoms with Crippen molar-refractivity contribution in [3.8, 4) is 0 Å². The Balaban J connectivity index is 1.46. The minimum absolute atomic E-state index is 0.303. The molecule has 0 aromatic heterocycles. The Bertz CT molecular complexity index is 343. The first-order chi connectivity index (χ1) is 9.31. The Morgan fingerprint density at radius 3 is 2.63 bits per heavy atom. The predicted molar refractivity (Wildman–Crippen MR) is 77.2 cm³/mol. The summed E-state index contributed by atoms with van der Waals surface area (Å²) < 4.78 is 0. The Morgan fingerprint density at radius 2 is 1.84 bits per heavy atom. The lowest BCUT2D eigenvalue weighted by atomic mass is 9.94. The van der Waals surface area contributed by atoms with E-state index in [1.165, 1.54) is 71.4 Å². The monoisotopic (exact) mass is 264 g/mol. The molecule has 0 aromatic rings. The lowest BCUT2D eigenvalue weighted by Gasteiger charge is -2.47. The quantitative estimate of drug-likeness (QED) is 0.797. The fourth-order valence-electron chi connectivity index (χ4n) is 4.62. The van der Waals surface area contributed by atoms with Gasteiger partial charge in [-0.1, -0.05) is 0 Å². The third-order valence-electron chi connectivity index (χ3n) is 6.06. The second-order valence-corrected chi connectivity index (χ2v) is 7.16. The van der Waals surface area contributed by atoms with Crippen LogP contribution in [0.4, 0.5) is 0 Å². The van der Waals surface area contributed by atoms with E-state index in [9.17, 15) is 0 Å². The summed E-state index contributed by atoms with van der Waals surface area (Å²) in [7, 11) is 0. The van der Waals surface area contributed by atoms with Crippen LogP contribution in [0.2, 0.25) is 0 Å². The summed E-state index contributed by atoms with van der Waals surface area (Å²) in [5.74, 6) is 0. The van der Waals surface area contributed by atoms with Crippen molar-refractivity contribution in [2.24, 2.45) is 5.73 Å². The van der Waals surface area contributed by atoms with Crippen LogP contribution in [0.15, 0.2) is 0 Å². The van der Waals surface area contributed by atoms with Crippen molar-refractivity contribution in [1.82, 2.24) is 14.7 Å². The van der Waals surface area contributed by atoms with Crippen molar-refractivity contribution in [3.05, 3.63) is 0 Å². The fourth-order valence-corrected chi connectivity index (χ4v) is 4.62. The van der Waals surface area contributed by atoms with E-state index in [0.29, 0.717) is 5.54 Å². The lowest BCUT2D eigenvalue weighted by molar-refractivity contribution is 0.0220. The number of fused-ring (bicyclic) bond motifs is 1. The van der Waals surface area contributed by atoms with Crippen LogP contribution in [-0.2, 0) is 0 Å². The van der Waals surface area contributed by atoms with Gasteiger partial charge < -0.3 is 5.73 Å². The zero-order valence-electron chi connectivity index (χ0n) is 12.1. The van der Waals surface area contributed by atoms with Gasteiger partial charge in [-0.25, -0.2) is 0 Å². The molecule has 0 spiro atoms. The molecule has 108 valence electrons. The molecule has 0 aromatic carbocycles. The van der Waals surface area contributed by atoms with Crippen LogP contribution in [0.1, 0.15) is 32.1 Å². The Kier molecular flexibility index (Phi) is 3.10. The standard InChI is InChI=1S/C15H28N4/c16-11-15(5-7-18(12-15)13-3-4-13)19-9-8-17-6-1-2-14(17)10-19/h13-14H,1-12,16H2. The second kappa shape index (κ2) is 4.69. The molecule has 4 heteroatoms. The van der Waals surface area contributed by atoms with Gasteiger partial charge >= 0.3 is 0 Å². The van der Waals surface area contributed by atoms with Crippen molar-refractivity contribution >= 4 is 0 Å². The van der Waals surface area contributed by atoms with Gasteiger partial charge in [0.25, 0.3) is 0 Å². The average molecular weight is 264 g/mol. The van der Waals surface area contributed by atoms with Gasteiger partial charge in [-0.2, -0.15) is 0 Å². The van der Waals surface area contributed by atoms with E-state index in [-0.39, 0.29) is 0 Å². The minimum atomic E-state index is 0.303. The first-order valence-corrected chi connectivity index (χ1v) is 8.24. The molecular formula is C15H28N4. The first-order valence-electron chi connectivity index (χ1n) is 8.24. The molecule has 3 aliphatic heterocycles. The van der Waals surface area contributed by atoms with Crippen LogP contribution in [0.5, 0.6) is 0 Å². The summed E-state index contributed by atoms with van der Waals surface area (Å²) >= 11 is 0. The van der Waals surface area contributed by atoms with Gasteiger partial charge in [-0.3, -0.25) is 14.7 Å². The summed E-state index contributed by atoms with van der Waals surface area (Å²) in [6.07, 6.45) is 6.96. The zero-order valence-corrected chi connectivity index (χ0v) is 12.1. The fraction of sp³-hybridized carbons (Fsp3) is 1.00. The normalized spacial score (nSPS) is 41.8. The molecule has 4 rings (SSSR count). The van der Waals surface area contributed by atoms with E-state index in [1.807, 2.05) is 0 Å². The summed E-state index contributed by atoms with van der Waals surface area (Å²) in [5.41, 5.74) is 6.54. The van der Waals surface area contributed by atoms with Gasteiger partial charge in [0, 0.05) is 56.9 Å². The third-order valence-corrected chi connectivity index (χ3v) is 6.06. The summed E-state index contributed by atoms with van der Waals surface area (Å²) in [5, 5.41) is 0. The van der Waals surface area contributed by atoms with Crippen LogP contribution in [0.25, 0.3) is 0 Å². The van der Waals surface area contributed by atoms with E-state index in [0.717, 1.165) is 18.6 Å². The molecule has 1 saturated carbocycles. The van der Waals surface area contributed by atoms with Crippen molar-refractivity contribution in [2.45, 2.75) is 49.7 Å². The predicted octanol–water partition coefficient (Wildman–Crippen LogP) is 0.332. The Morgan fingerprint density at radius 1 is 0.947 bits per heavy atom. The number of nitrogens with zero attached hydrogens (tertiary/aromatic N) is 3. The number of hydrogen-bond acceptors (Lipinski definition) is 4. The number of nitrogens with two attached hydrogens (primary N) is 1. The number of piperazine rings is 1. The number of rotatable bonds is 3. The van der Waals surface area contributed by atoms with Crippen LogP contribution >= 0.6 is 0 Å². The Labute approximate surface area is 116 Å². The van der Waals surface area contributed by atoms with Crippen molar-refractivity contribution in [2.75, 3.05) is 45.8 Å². The molecule has 19 heavy (non-hydrogen) atoms. The van der Waals surface area contributed by atoms with Crippen molar-refractivity contribution < 1.29 is 0 Å². The maximum atomic E-state index is 6.24. The summed E-state index contributed by atoms with van der Waals surface area (Å²) in [6, 6.07) is 1.73. The van der Waals surface area contributed by atoms with Gasteiger partial charge in [-0.15, -0.1) is 0 Å². The van der Waals surface area contributed by atoms with E-state index in [1.54, 1.807) is 0 Å². The molecule has 1 aliphatic carbocycles. The van der Waals surface area contributed by atoms with Crippen molar-refractivity contribution in [1.29, 1.82) is 0 Å². The molecule has 4 aliphatic rings. The van der Waals surface area contributed by atoms with E-state index in [2.05, 4.69) is 14.7 Å². The summed E-state index contributed by atoms with van der Waals surface area (Å²) in [4.78, 5) is 8.18. The third kappa shape index (κ3) is 2.13. The molecule has 4 fully saturated rings. The lowest BCUT2D eigenvalue weighted by Crippen LogP contribution is -2.63. The molecule has 0 bridgehead atoms. The molecule has 0 radical (unpaired) electrons. The second-order valence-electron chi connectivity index (χ2n) is 7.16. The average Bonchev–Trinajstić information content (AvgIpc) is 3.04. The highest BCUT2D eigenvalue weighted by Gasteiger charge is 2.47. The van der Waals surface area contributed by atoms with Gasteiger partial charge in [0.05, 0.1) is 0 Å². The molecule has 4 nitrogen and oxygen atoms in total. The van der Waals surface area contributed by atoms with Gasteiger partial charge in [0.15, 0.2) is 0 Å². The highest BCUT2D eigenvalue weighted by atomic mass is 15.4. The molecule has 3 heterocycles. The first kappa shape index (κ1) is 12.6. The molecular weight excluding hydrogens is 236 g/mol. The highest BCUT2D eigenvalue weighted by molar-refractivity contribution is 5.05. The van der Waals surface area contributed by atoms with Crippen LogP contribution in [0, 0.1) is 0 Å². The maximum absolute atomic E-state index is 6.24. The van der Waals surface area contributed by atoms with E-state index in [4.69, 9.17) is 5.73 Å². The molecule has 2 unspecified atom stereocenters. The largest absolute Gasteiger partial charge is 0.329 e. The Hall–Kier alpha value is -0.160. The van der Waals surface area contributed by atoms with Crippen molar-refractivity contribution in [3.63, 3.8) is 0 Å². The van der Waals surface area contributed by atoms with Gasteiger partial charge in [-0.05, 0) is 38.6 Å². The van der Waals surface area contributed by atoms with Crippen LogP contribution in [0.3, 0.4) is 0 Å². The van der Waals surface area contributed by atoms with Gasteiger partial charge in [0.1, 0.15) is 0 Å². The smallest absolute Gasteiger partial charge is 0.0471 e. The number of likely N-dealkylation sites (tertiary alicyclic amines) is 1. The SMILES string of the molecule is NCC1(N2CCN3CCCC3C2)CCN(C2CC2)C1. The molecule has 0 amide bonds. The summed E-state index contributed by atoms with van der Waals surface area (Å²) in [6.45, 7) is 8.50. The zero-order chi connectivity index (χ0) is 12.9. The maximum Gasteiger partial charge on any atom is 0.0471 e. The highest BCUT2D eigenvalue weighted by Crippen LogP contribution is 2.37. The van der Waals surface area contributed by atoms with Crippen LogP contribution in [-0.4, -0.2) is 78.1 Å². The number of hydrogen-bond donors (Lipinski definition) is 1. The van der Waals surface area contributed by atoms with E-state index >= 15 is 0 Å². The molecule has 3 saturated heterocycles. The topological polar surface area (TPSA) is 35.7 Å². The minimum Gasteiger partial charge on any atom is -0.329 e. The molecule has 2 N–H and O–H groups in total.